The molecular weight excluding hydrogens is 192 g/mol. The lowest BCUT2D eigenvalue weighted by Crippen LogP contribution is -2.16. The second-order valence-corrected chi connectivity index (χ2v) is 6.24. The average Bonchev–Trinajstić information content (AvgIpc) is 2.38. The first kappa shape index (κ1) is 14.1. The molecule has 0 aromatic rings. The van der Waals surface area contributed by atoms with Crippen LogP contribution in [0.2, 0.25) is 0 Å². The van der Waals surface area contributed by atoms with E-state index in [4.69, 9.17) is 0 Å². The Balaban J connectivity index is 2.26. The van der Waals surface area contributed by atoms with Crippen LogP contribution in [-0.2, 0) is 0 Å². The predicted molar refractivity (Wildman–Crippen MR) is 73.8 cm³/mol. The molecule has 0 N–H and O–H groups in total. The Bertz CT molecular complexity index is 149. The molecule has 0 aromatic carbocycles. The number of hydrogen-bond donors (Lipinski definition) is 0. The molecule has 0 radical (unpaired) electrons. The van der Waals surface area contributed by atoms with Gasteiger partial charge in [0.15, 0.2) is 0 Å². The summed E-state index contributed by atoms with van der Waals surface area (Å²) in [5.74, 6) is 0. The van der Waals surface area contributed by atoms with E-state index in [-0.39, 0.29) is 0 Å². The predicted octanol–water partition coefficient (Wildman–Crippen LogP) is 6.10. The summed E-state index contributed by atoms with van der Waals surface area (Å²) in [6.07, 6.45) is 19.2. The molecule has 1 rings (SSSR count). The molecule has 0 heterocycles. The van der Waals surface area contributed by atoms with Crippen molar-refractivity contribution in [2.45, 2.75) is 97.3 Å². The van der Waals surface area contributed by atoms with E-state index in [2.05, 4.69) is 13.8 Å². The van der Waals surface area contributed by atoms with Crippen LogP contribution in [0.25, 0.3) is 0 Å². The summed E-state index contributed by atoms with van der Waals surface area (Å²) in [7, 11) is 0. The minimum atomic E-state index is 0.693. The molecule has 16 heavy (non-hydrogen) atoms. The summed E-state index contributed by atoms with van der Waals surface area (Å²) in [6, 6.07) is 0. The van der Waals surface area contributed by atoms with Crippen LogP contribution in [0.3, 0.4) is 0 Å². The zero-order valence-corrected chi connectivity index (χ0v) is 11.7. The van der Waals surface area contributed by atoms with Gasteiger partial charge in [0.1, 0.15) is 0 Å². The molecule has 0 amide bonds. The van der Waals surface area contributed by atoms with Gasteiger partial charge in [-0.15, -0.1) is 0 Å². The lowest BCUT2D eigenvalue weighted by molar-refractivity contribution is 0.230. The van der Waals surface area contributed by atoms with E-state index < -0.39 is 0 Å². The molecule has 0 aliphatic heterocycles. The molecule has 0 unspecified atom stereocenters. The van der Waals surface area contributed by atoms with Crippen LogP contribution >= 0.6 is 0 Å². The molecule has 0 atom stereocenters. The van der Waals surface area contributed by atoms with Crippen molar-refractivity contribution in [1.29, 1.82) is 0 Å². The van der Waals surface area contributed by atoms with E-state index in [1.165, 1.54) is 83.5 Å². The lowest BCUT2D eigenvalue weighted by atomic mass is 9.76. The Morgan fingerprint density at radius 1 is 0.750 bits per heavy atom. The number of rotatable bonds is 5. The van der Waals surface area contributed by atoms with Gasteiger partial charge in [-0.25, -0.2) is 0 Å². The summed E-state index contributed by atoms with van der Waals surface area (Å²) in [6.45, 7) is 4.87. The fourth-order valence-electron chi connectivity index (χ4n) is 3.16. The summed E-state index contributed by atoms with van der Waals surface area (Å²) >= 11 is 0. The number of hydrogen-bond acceptors (Lipinski definition) is 0. The van der Waals surface area contributed by atoms with Gasteiger partial charge in [-0.1, -0.05) is 78.1 Å². The molecule has 0 heteroatoms. The highest BCUT2D eigenvalue weighted by Crippen LogP contribution is 2.37. The van der Waals surface area contributed by atoms with Crippen LogP contribution < -0.4 is 0 Å². The van der Waals surface area contributed by atoms with Gasteiger partial charge >= 0.3 is 0 Å². The van der Waals surface area contributed by atoms with E-state index in [1.54, 1.807) is 0 Å². The Morgan fingerprint density at radius 3 is 1.88 bits per heavy atom. The maximum atomic E-state index is 2.56. The first-order valence-corrected chi connectivity index (χ1v) is 7.77. The Hall–Kier alpha value is 0. The maximum Gasteiger partial charge on any atom is -0.0326 e. The average molecular weight is 224 g/mol. The molecule has 0 bridgehead atoms. The first-order chi connectivity index (χ1) is 7.77. The smallest absolute Gasteiger partial charge is 0.0326 e. The molecule has 0 saturated heterocycles. The molecule has 1 aliphatic rings. The third-order valence-electron chi connectivity index (χ3n) is 4.44. The molecule has 0 spiro atoms. The summed E-state index contributed by atoms with van der Waals surface area (Å²) in [5, 5.41) is 0. The van der Waals surface area contributed by atoms with E-state index in [9.17, 15) is 0 Å². The highest BCUT2D eigenvalue weighted by atomic mass is 14.3. The van der Waals surface area contributed by atoms with Crippen molar-refractivity contribution in [3.63, 3.8) is 0 Å². The summed E-state index contributed by atoms with van der Waals surface area (Å²) in [4.78, 5) is 0. The van der Waals surface area contributed by atoms with Crippen molar-refractivity contribution in [2.75, 3.05) is 0 Å². The van der Waals surface area contributed by atoms with Gasteiger partial charge in [0.2, 0.25) is 0 Å². The van der Waals surface area contributed by atoms with Crippen LogP contribution in [0.1, 0.15) is 97.3 Å². The molecule has 1 aliphatic carbocycles. The quantitative estimate of drug-likeness (QED) is 0.495. The van der Waals surface area contributed by atoms with Crippen molar-refractivity contribution in [1.82, 2.24) is 0 Å². The van der Waals surface area contributed by atoms with Crippen LogP contribution in [0.15, 0.2) is 0 Å². The Kier molecular flexibility index (Phi) is 7.16. The van der Waals surface area contributed by atoms with Crippen LogP contribution in [0.5, 0.6) is 0 Å². The van der Waals surface area contributed by atoms with Gasteiger partial charge in [-0.2, -0.15) is 0 Å². The van der Waals surface area contributed by atoms with Crippen molar-refractivity contribution in [2.24, 2.45) is 5.41 Å². The first-order valence-electron chi connectivity index (χ1n) is 7.77. The van der Waals surface area contributed by atoms with E-state index in [1.807, 2.05) is 0 Å². The van der Waals surface area contributed by atoms with E-state index >= 15 is 0 Å². The standard InChI is InChI=1S/C16H32/c1-3-4-5-10-13-16(2)14-11-8-6-7-9-12-15-16/h3-15H2,1-2H3. The topological polar surface area (TPSA) is 0 Å². The molecule has 96 valence electrons. The normalized spacial score (nSPS) is 22.1. The summed E-state index contributed by atoms with van der Waals surface area (Å²) < 4.78 is 0. The molecule has 0 nitrogen and oxygen atoms in total. The fourth-order valence-corrected chi connectivity index (χ4v) is 3.16. The Morgan fingerprint density at radius 2 is 1.31 bits per heavy atom. The lowest BCUT2D eigenvalue weighted by Gasteiger charge is -2.29. The summed E-state index contributed by atoms with van der Waals surface area (Å²) in [5.41, 5.74) is 0.693. The molecular formula is C16H32. The van der Waals surface area contributed by atoms with Gasteiger partial charge < -0.3 is 0 Å². The minimum absolute atomic E-state index is 0.693. The second-order valence-electron chi connectivity index (χ2n) is 6.24. The van der Waals surface area contributed by atoms with Crippen molar-refractivity contribution in [3.8, 4) is 0 Å². The van der Waals surface area contributed by atoms with Crippen LogP contribution in [0.4, 0.5) is 0 Å². The van der Waals surface area contributed by atoms with Gasteiger partial charge in [-0.3, -0.25) is 0 Å². The van der Waals surface area contributed by atoms with Crippen LogP contribution in [0, 0.1) is 5.41 Å². The van der Waals surface area contributed by atoms with Gasteiger partial charge in [0.25, 0.3) is 0 Å². The number of unbranched alkanes of at least 4 members (excludes halogenated alkanes) is 3. The second kappa shape index (κ2) is 8.14. The van der Waals surface area contributed by atoms with Crippen LogP contribution in [-0.4, -0.2) is 0 Å². The fraction of sp³-hybridized carbons (Fsp3) is 1.00. The largest absolute Gasteiger partial charge is 0.0654 e. The molecule has 0 aromatic heterocycles. The van der Waals surface area contributed by atoms with E-state index in [0.717, 1.165) is 0 Å². The minimum Gasteiger partial charge on any atom is -0.0654 e. The maximum absolute atomic E-state index is 2.56. The van der Waals surface area contributed by atoms with Gasteiger partial charge in [-0.05, 0) is 24.7 Å². The van der Waals surface area contributed by atoms with Crippen molar-refractivity contribution < 1.29 is 0 Å². The highest BCUT2D eigenvalue weighted by molar-refractivity contribution is 4.75. The molecule has 1 saturated carbocycles. The van der Waals surface area contributed by atoms with E-state index in [0.29, 0.717) is 5.41 Å². The van der Waals surface area contributed by atoms with Crippen molar-refractivity contribution in [3.05, 3.63) is 0 Å². The Labute approximate surface area is 103 Å². The van der Waals surface area contributed by atoms with Gasteiger partial charge in [0.05, 0.1) is 0 Å². The third-order valence-corrected chi connectivity index (χ3v) is 4.44. The zero-order chi connectivity index (χ0) is 11.7. The SMILES string of the molecule is CCCCCCC1(C)CCCCCCCC1. The van der Waals surface area contributed by atoms with Gasteiger partial charge in [0, 0.05) is 0 Å². The van der Waals surface area contributed by atoms with Crippen molar-refractivity contribution >= 4 is 0 Å². The molecule has 1 fully saturated rings. The zero-order valence-electron chi connectivity index (χ0n) is 11.7. The monoisotopic (exact) mass is 224 g/mol. The third kappa shape index (κ3) is 5.92. The highest BCUT2D eigenvalue weighted by Gasteiger charge is 2.23.